The third kappa shape index (κ3) is 2.64. The molecule has 0 saturated carbocycles. The summed E-state index contributed by atoms with van der Waals surface area (Å²) in [4.78, 5) is 21.3. The minimum atomic E-state index is -2.82. The lowest BCUT2D eigenvalue weighted by molar-refractivity contribution is -0.385. The highest BCUT2D eigenvalue weighted by Gasteiger charge is 2.23. The van der Waals surface area contributed by atoms with Crippen molar-refractivity contribution < 1.29 is 18.5 Å². The fraction of sp³-hybridized carbons (Fsp3) is 0.364. The van der Waals surface area contributed by atoms with Gasteiger partial charge in [0.05, 0.1) is 4.92 Å². The Kier molecular flexibility index (Phi) is 3.88. The van der Waals surface area contributed by atoms with Crippen LogP contribution in [0.25, 0.3) is 0 Å². The second kappa shape index (κ2) is 4.99. The molecule has 1 aromatic rings. The molecule has 4 nitrogen and oxygen atoms in total. The fourth-order valence-corrected chi connectivity index (χ4v) is 1.59. The average Bonchev–Trinajstić information content (AvgIpc) is 2.26. The molecule has 17 heavy (non-hydrogen) atoms. The van der Waals surface area contributed by atoms with Crippen molar-refractivity contribution in [3.05, 3.63) is 38.9 Å². The molecule has 0 radical (unpaired) electrons. The topological polar surface area (TPSA) is 60.2 Å². The zero-order valence-corrected chi connectivity index (χ0v) is 9.37. The second-order valence-electron chi connectivity index (χ2n) is 3.54. The fourth-order valence-electron chi connectivity index (χ4n) is 1.59. The van der Waals surface area contributed by atoms with Gasteiger partial charge in [0.15, 0.2) is 5.78 Å². The van der Waals surface area contributed by atoms with E-state index in [4.69, 9.17) is 0 Å². The molecule has 0 atom stereocenters. The van der Waals surface area contributed by atoms with Crippen LogP contribution in [0.4, 0.5) is 14.5 Å². The van der Waals surface area contributed by atoms with Crippen LogP contribution in [-0.4, -0.2) is 10.7 Å². The Morgan fingerprint density at radius 2 is 2.06 bits per heavy atom. The van der Waals surface area contributed by atoms with Crippen LogP contribution in [0.15, 0.2) is 12.1 Å². The van der Waals surface area contributed by atoms with Gasteiger partial charge in [-0.1, -0.05) is 6.92 Å². The van der Waals surface area contributed by atoms with Crippen LogP contribution in [0, 0.1) is 10.1 Å². The van der Waals surface area contributed by atoms with Crippen molar-refractivity contribution in [3.63, 3.8) is 0 Å². The SMILES string of the molecule is CCc1cc(C(F)F)c(C(C)=O)cc1[N+](=O)[O-]. The maximum Gasteiger partial charge on any atom is 0.273 e. The molecule has 1 aromatic carbocycles. The normalized spacial score (nSPS) is 10.6. The lowest BCUT2D eigenvalue weighted by atomic mass is 9.98. The van der Waals surface area contributed by atoms with Crippen molar-refractivity contribution in [2.45, 2.75) is 26.7 Å². The number of nitro groups is 1. The smallest absolute Gasteiger partial charge is 0.273 e. The predicted octanol–water partition coefficient (Wildman–Crippen LogP) is 3.30. The summed E-state index contributed by atoms with van der Waals surface area (Å²) in [5.74, 6) is -0.606. The van der Waals surface area contributed by atoms with Gasteiger partial charge in [-0.05, 0) is 19.4 Å². The van der Waals surface area contributed by atoms with E-state index in [0.29, 0.717) is 0 Å². The Bertz CT molecular complexity index is 472. The van der Waals surface area contributed by atoms with Crippen molar-refractivity contribution in [2.24, 2.45) is 0 Å². The van der Waals surface area contributed by atoms with Crippen LogP contribution in [-0.2, 0) is 6.42 Å². The van der Waals surface area contributed by atoms with Gasteiger partial charge in [-0.25, -0.2) is 8.78 Å². The maximum absolute atomic E-state index is 12.7. The van der Waals surface area contributed by atoms with Crippen molar-refractivity contribution in [2.75, 3.05) is 0 Å². The number of halogens is 2. The van der Waals surface area contributed by atoms with Gasteiger partial charge in [0.25, 0.3) is 12.1 Å². The number of Topliss-reactive ketones (excluding diaryl/α,β-unsaturated/α-hetero) is 1. The van der Waals surface area contributed by atoms with Crippen LogP contribution in [0.5, 0.6) is 0 Å². The molecule has 0 bridgehead atoms. The summed E-state index contributed by atoms with van der Waals surface area (Å²) in [5, 5.41) is 10.7. The van der Waals surface area contributed by atoms with Crippen LogP contribution in [0.2, 0.25) is 0 Å². The minimum absolute atomic E-state index is 0.204. The first-order valence-corrected chi connectivity index (χ1v) is 4.98. The van der Waals surface area contributed by atoms with Gasteiger partial charge >= 0.3 is 0 Å². The van der Waals surface area contributed by atoms with Gasteiger partial charge in [0.2, 0.25) is 0 Å². The van der Waals surface area contributed by atoms with Gasteiger partial charge in [-0.3, -0.25) is 14.9 Å². The van der Waals surface area contributed by atoms with Crippen molar-refractivity contribution in [1.29, 1.82) is 0 Å². The summed E-state index contributed by atoms with van der Waals surface area (Å²) >= 11 is 0. The lowest BCUT2D eigenvalue weighted by Gasteiger charge is -2.09. The number of nitrogens with zero attached hydrogens (tertiary/aromatic N) is 1. The van der Waals surface area contributed by atoms with Crippen molar-refractivity contribution in [1.82, 2.24) is 0 Å². The molecule has 0 aliphatic carbocycles. The number of carbonyl (C=O) groups is 1. The summed E-state index contributed by atoms with van der Waals surface area (Å²) in [5.41, 5.74) is -0.818. The summed E-state index contributed by atoms with van der Waals surface area (Å²) < 4.78 is 25.4. The molecule has 0 unspecified atom stereocenters. The van der Waals surface area contributed by atoms with Crippen LogP contribution in [0.3, 0.4) is 0 Å². The van der Waals surface area contributed by atoms with Gasteiger partial charge in [0.1, 0.15) is 0 Å². The highest BCUT2D eigenvalue weighted by molar-refractivity contribution is 5.96. The quantitative estimate of drug-likeness (QED) is 0.463. The number of alkyl halides is 2. The van der Waals surface area contributed by atoms with Gasteiger partial charge in [0, 0.05) is 22.8 Å². The number of hydrogen-bond acceptors (Lipinski definition) is 3. The number of nitro benzene ring substituents is 1. The number of carbonyl (C=O) groups excluding carboxylic acids is 1. The van der Waals surface area contributed by atoms with E-state index < -0.39 is 22.7 Å². The number of benzene rings is 1. The van der Waals surface area contributed by atoms with Gasteiger partial charge in [-0.15, -0.1) is 0 Å². The Hall–Kier alpha value is -1.85. The maximum atomic E-state index is 12.7. The Labute approximate surface area is 96.4 Å². The van der Waals surface area contributed by atoms with E-state index >= 15 is 0 Å². The molecule has 6 heteroatoms. The zero-order valence-electron chi connectivity index (χ0n) is 9.37. The minimum Gasteiger partial charge on any atom is -0.294 e. The van der Waals surface area contributed by atoms with E-state index in [1.54, 1.807) is 6.92 Å². The molecule has 0 heterocycles. The van der Waals surface area contributed by atoms with E-state index in [0.717, 1.165) is 19.1 Å². The highest BCUT2D eigenvalue weighted by atomic mass is 19.3. The average molecular weight is 243 g/mol. The van der Waals surface area contributed by atoms with E-state index in [9.17, 15) is 23.7 Å². The number of ketones is 1. The first-order valence-electron chi connectivity index (χ1n) is 4.98. The van der Waals surface area contributed by atoms with E-state index in [1.807, 2.05) is 0 Å². The van der Waals surface area contributed by atoms with Crippen LogP contribution >= 0.6 is 0 Å². The largest absolute Gasteiger partial charge is 0.294 e. The van der Waals surface area contributed by atoms with E-state index in [2.05, 4.69) is 0 Å². The highest BCUT2D eigenvalue weighted by Crippen LogP contribution is 2.30. The lowest BCUT2D eigenvalue weighted by Crippen LogP contribution is -2.05. The Balaban J connectivity index is 3.53. The third-order valence-electron chi connectivity index (χ3n) is 2.44. The molecule has 0 fully saturated rings. The molecule has 0 spiro atoms. The molecule has 0 N–H and O–H groups in total. The van der Waals surface area contributed by atoms with Crippen LogP contribution < -0.4 is 0 Å². The number of aryl methyl sites for hydroxylation is 1. The second-order valence-corrected chi connectivity index (χ2v) is 3.54. The Morgan fingerprint density at radius 3 is 2.41 bits per heavy atom. The summed E-state index contributed by atoms with van der Waals surface area (Å²) in [6.07, 6.45) is -2.56. The molecule has 1 rings (SSSR count). The molecular formula is C11H11F2NO3. The first kappa shape index (κ1) is 13.2. The van der Waals surface area contributed by atoms with Crippen molar-refractivity contribution in [3.8, 4) is 0 Å². The van der Waals surface area contributed by atoms with Gasteiger partial charge in [-0.2, -0.15) is 0 Å². The van der Waals surface area contributed by atoms with Crippen LogP contribution in [0.1, 0.15) is 41.8 Å². The molecule has 0 aromatic heterocycles. The van der Waals surface area contributed by atoms with Crippen molar-refractivity contribution >= 4 is 11.5 Å². The number of hydrogen-bond donors (Lipinski definition) is 0. The number of rotatable bonds is 4. The Morgan fingerprint density at radius 1 is 1.47 bits per heavy atom. The molecule has 0 saturated heterocycles. The predicted molar refractivity (Wildman–Crippen MR) is 57.4 cm³/mol. The summed E-state index contributed by atoms with van der Waals surface area (Å²) in [6.45, 7) is 2.74. The molecule has 0 amide bonds. The van der Waals surface area contributed by atoms with E-state index in [1.165, 1.54) is 0 Å². The standard InChI is InChI=1S/C11H11F2NO3/c1-3-7-4-9(11(12)13)8(6(2)15)5-10(7)14(16)17/h4-5,11H,3H2,1-2H3. The molecular weight excluding hydrogens is 232 g/mol. The molecule has 92 valence electrons. The van der Waals surface area contributed by atoms with Gasteiger partial charge < -0.3 is 0 Å². The van der Waals surface area contributed by atoms with E-state index in [-0.39, 0.29) is 23.2 Å². The summed E-state index contributed by atoms with van der Waals surface area (Å²) in [7, 11) is 0. The zero-order chi connectivity index (χ0) is 13.2. The molecule has 0 aliphatic rings. The molecule has 0 aliphatic heterocycles. The monoisotopic (exact) mass is 243 g/mol. The summed E-state index contributed by atoms with van der Waals surface area (Å²) in [6, 6.07) is 1.97. The first-order chi connectivity index (χ1) is 7.88. The third-order valence-corrected chi connectivity index (χ3v) is 2.44.